The summed E-state index contributed by atoms with van der Waals surface area (Å²) in [5.41, 5.74) is 0.618. The van der Waals surface area contributed by atoms with E-state index in [1.165, 1.54) is 24.3 Å². The molecule has 2 aromatic rings. The molecule has 0 radical (unpaired) electrons. The summed E-state index contributed by atoms with van der Waals surface area (Å²) in [6.07, 6.45) is 0.891. The molecule has 2 aromatic carbocycles. The zero-order chi connectivity index (χ0) is 20.5. The van der Waals surface area contributed by atoms with Crippen LogP contribution in [0.25, 0.3) is 0 Å². The summed E-state index contributed by atoms with van der Waals surface area (Å²) in [5.74, 6) is 0.862. The number of piperazine rings is 1. The number of halogens is 1. The number of carbonyl (C=O) groups excluding carboxylic acids is 1. The Kier molecular flexibility index (Phi) is 7.42. The van der Waals surface area contributed by atoms with E-state index in [1.807, 2.05) is 0 Å². The number of benzene rings is 2. The number of ether oxygens (including phenoxy) is 2. The Labute approximate surface area is 170 Å². The van der Waals surface area contributed by atoms with E-state index < -0.39 is 0 Å². The molecule has 1 aliphatic heterocycles. The summed E-state index contributed by atoms with van der Waals surface area (Å²) in [7, 11) is 0. The van der Waals surface area contributed by atoms with Crippen LogP contribution in [0.4, 0.5) is 4.39 Å². The first-order valence-corrected chi connectivity index (χ1v) is 9.65. The van der Waals surface area contributed by atoms with E-state index in [0.717, 1.165) is 31.8 Å². The Balaban J connectivity index is 1.30. The van der Waals surface area contributed by atoms with Crippen LogP contribution < -0.4 is 9.47 Å². The van der Waals surface area contributed by atoms with Crippen molar-refractivity contribution in [2.24, 2.45) is 0 Å². The zero-order valence-corrected chi connectivity index (χ0v) is 16.2. The molecule has 0 bridgehead atoms. The average Bonchev–Trinajstić information content (AvgIpc) is 2.77. The maximum atomic E-state index is 12.9. The lowest BCUT2D eigenvalue weighted by molar-refractivity contribution is -0.135. The fraction of sp³-hybridized carbons (Fsp3) is 0.364. The van der Waals surface area contributed by atoms with Crippen molar-refractivity contribution in [1.29, 1.82) is 5.26 Å². The third kappa shape index (κ3) is 6.47. The van der Waals surface area contributed by atoms with Crippen molar-refractivity contribution >= 4 is 5.91 Å². The lowest BCUT2D eigenvalue weighted by Gasteiger charge is -2.34. The Morgan fingerprint density at radius 2 is 1.59 bits per heavy atom. The monoisotopic (exact) mass is 397 g/mol. The van der Waals surface area contributed by atoms with Crippen LogP contribution in [-0.4, -0.2) is 61.6 Å². The van der Waals surface area contributed by atoms with Gasteiger partial charge in [0.05, 0.1) is 18.2 Å². The second-order valence-corrected chi connectivity index (χ2v) is 6.80. The van der Waals surface area contributed by atoms with Gasteiger partial charge in [-0.3, -0.25) is 9.69 Å². The van der Waals surface area contributed by atoms with Gasteiger partial charge < -0.3 is 14.4 Å². The fourth-order valence-corrected chi connectivity index (χ4v) is 3.09. The predicted octanol–water partition coefficient (Wildman–Crippen LogP) is 2.69. The van der Waals surface area contributed by atoms with Gasteiger partial charge in [-0.15, -0.1) is 0 Å². The van der Waals surface area contributed by atoms with Gasteiger partial charge in [-0.1, -0.05) is 0 Å². The van der Waals surface area contributed by atoms with E-state index >= 15 is 0 Å². The largest absolute Gasteiger partial charge is 0.494 e. The van der Waals surface area contributed by atoms with E-state index in [2.05, 4.69) is 11.0 Å². The molecule has 3 rings (SSSR count). The molecule has 152 valence electrons. The number of rotatable bonds is 8. The maximum absolute atomic E-state index is 12.9. The smallest absolute Gasteiger partial charge is 0.260 e. The van der Waals surface area contributed by atoms with Crippen molar-refractivity contribution in [3.05, 3.63) is 59.9 Å². The van der Waals surface area contributed by atoms with Gasteiger partial charge in [-0.25, -0.2) is 4.39 Å². The Morgan fingerprint density at radius 3 is 2.24 bits per heavy atom. The van der Waals surface area contributed by atoms with Crippen molar-refractivity contribution in [1.82, 2.24) is 9.80 Å². The van der Waals surface area contributed by atoms with Crippen LogP contribution in [0.1, 0.15) is 12.0 Å². The van der Waals surface area contributed by atoms with Gasteiger partial charge in [0.1, 0.15) is 17.3 Å². The van der Waals surface area contributed by atoms with Crippen LogP contribution in [0.2, 0.25) is 0 Å². The molecule has 1 aliphatic rings. The summed E-state index contributed by atoms with van der Waals surface area (Å²) < 4.78 is 24.0. The maximum Gasteiger partial charge on any atom is 0.260 e. The normalized spacial score (nSPS) is 14.3. The second-order valence-electron chi connectivity index (χ2n) is 6.80. The molecule has 0 saturated carbocycles. The molecule has 29 heavy (non-hydrogen) atoms. The Morgan fingerprint density at radius 1 is 0.966 bits per heavy atom. The van der Waals surface area contributed by atoms with E-state index in [0.29, 0.717) is 31.0 Å². The summed E-state index contributed by atoms with van der Waals surface area (Å²) in [5, 5.41) is 8.79. The zero-order valence-electron chi connectivity index (χ0n) is 16.2. The van der Waals surface area contributed by atoms with Gasteiger partial charge in [0.25, 0.3) is 5.91 Å². The van der Waals surface area contributed by atoms with Gasteiger partial charge in [-0.05, 0) is 55.0 Å². The van der Waals surface area contributed by atoms with E-state index in [1.54, 1.807) is 29.2 Å². The van der Waals surface area contributed by atoms with Gasteiger partial charge >= 0.3 is 0 Å². The molecule has 0 aliphatic carbocycles. The number of nitriles is 1. The topological polar surface area (TPSA) is 65.8 Å². The van der Waals surface area contributed by atoms with Gasteiger partial charge in [0.2, 0.25) is 0 Å². The summed E-state index contributed by atoms with van der Waals surface area (Å²) in [4.78, 5) is 16.4. The van der Waals surface area contributed by atoms with Crippen molar-refractivity contribution in [2.75, 3.05) is 45.9 Å². The first-order chi connectivity index (χ1) is 14.1. The van der Waals surface area contributed by atoms with Crippen molar-refractivity contribution < 1.29 is 18.7 Å². The molecule has 1 amide bonds. The van der Waals surface area contributed by atoms with Crippen LogP contribution in [0.3, 0.4) is 0 Å². The van der Waals surface area contributed by atoms with Crippen LogP contribution in [0.5, 0.6) is 11.5 Å². The van der Waals surface area contributed by atoms with E-state index in [4.69, 9.17) is 14.7 Å². The molecule has 6 nitrogen and oxygen atoms in total. The first kappa shape index (κ1) is 20.6. The van der Waals surface area contributed by atoms with Gasteiger partial charge in [-0.2, -0.15) is 5.26 Å². The lowest BCUT2D eigenvalue weighted by atomic mass is 10.2. The quantitative estimate of drug-likeness (QED) is 0.641. The van der Waals surface area contributed by atoms with Crippen LogP contribution >= 0.6 is 0 Å². The highest BCUT2D eigenvalue weighted by molar-refractivity contribution is 5.77. The fourth-order valence-electron chi connectivity index (χ4n) is 3.09. The molecule has 0 aromatic heterocycles. The number of nitrogens with zero attached hydrogens (tertiary/aromatic N) is 3. The first-order valence-electron chi connectivity index (χ1n) is 9.65. The molecule has 0 spiro atoms. The number of amides is 1. The van der Waals surface area contributed by atoms with Gasteiger partial charge in [0, 0.05) is 32.7 Å². The Bertz CT molecular complexity index is 826. The SMILES string of the molecule is N#Cc1ccc(OCCCN2CCN(C(=O)COc3ccc(F)cc3)CC2)cc1. The number of carbonyl (C=O) groups is 1. The second kappa shape index (κ2) is 10.4. The molecule has 0 N–H and O–H groups in total. The minimum absolute atomic E-state index is 0.0376. The molecule has 1 heterocycles. The average molecular weight is 397 g/mol. The number of hydrogen-bond donors (Lipinski definition) is 0. The van der Waals surface area contributed by atoms with E-state index in [9.17, 15) is 9.18 Å². The lowest BCUT2D eigenvalue weighted by Crippen LogP contribution is -2.50. The highest BCUT2D eigenvalue weighted by Gasteiger charge is 2.21. The van der Waals surface area contributed by atoms with Gasteiger partial charge in [0.15, 0.2) is 6.61 Å². The van der Waals surface area contributed by atoms with Crippen LogP contribution in [-0.2, 0) is 4.79 Å². The Hall–Kier alpha value is -3.11. The minimum atomic E-state index is -0.331. The molecular weight excluding hydrogens is 373 g/mol. The van der Waals surface area contributed by atoms with Crippen LogP contribution in [0, 0.1) is 17.1 Å². The standard InChI is InChI=1S/C22H24FN3O3/c23-19-4-8-21(9-5-19)29-17-22(27)26-13-11-25(12-14-26)10-1-15-28-20-6-2-18(16-24)3-7-20/h2-9H,1,10-15,17H2. The third-order valence-electron chi connectivity index (χ3n) is 4.77. The summed E-state index contributed by atoms with van der Waals surface area (Å²) >= 11 is 0. The van der Waals surface area contributed by atoms with Crippen molar-refractivity contribution in [2.45, 2.75) is 6.42 Å². The predicted molar refractivity (Wildman–Crippen MR) is 106 cm³/mol. The number of hydrogen-bond acceptors (Lipinski definition) is 5. The summed E-state index contributed by atoms with van der Waals surface area (Å²) in [6, 6.07) is 14.8. The summed E-state index contributed by atoms with van der Waals surface area (Å²) in [6.45, 7) is 4.45. The molecule has 0 unspecified atom stereocenters. The molecule has 7 heteroatoms. The molecule has 1 saturated heterocycles. The highest BCUT2D eigenvalue weighted by Crippen LogP contribution is 2.13. The van der Waals surface area contributed by atoms with Crippen molar-refractivity contribution in [3.63, 3.8) is 0 Å². The van der Waals surface area contributed by atoms with E-state index in [-0.39, 0.29) is 18.3 Å². The molecular formula is C22H24FN3O3. The minimum Gasteiger partial charge on any atom is -0.494 e. The molecule has 1 fully saturated rings. The highest BCUT2D eigenvalue weighted by atomic mass is 19.1. The van der Waals surface area contributed by atoms with Crippen molar-refractivity contribution in [3.8, 4) is 17.6 Å². The van der Waals surface area contributed by atoms with Crippen LogP contribution in [0.15, 0.2) is 48.5 Å². The molecule has 0 atom stereocenters. The third-order valence-corrected chi connectivity index (χ3v) is 4.77.